The number of amides is 2. The van der Waals surface area contributed by atoms with E-state index < -0.39 is 17.8 Å². The number of carbonyl (C=O) groups excluding carboxylic acids is 2. The van der Waals surface area contributed by atoms with Gasteiger partial charge in [0.05, 0.1) is 30.2 Å². The average Bonchev–Trinajstić information content (AvgIpc) is 3.35. The quantitative estimate of drug-likeness (QED) is 0.775. The molecule has 3 atom stereocenters. The van der Waals surface area contributed by atoms with Crippen molar-refractivity contribution in [1.82, 2.24) is 16.0 Å². The van der Waals surface area contributed by atoms with Gasteiger partial charge in [0, 0.05) is 0 Å². The van der Waals surface area contributed by atoms with Gasteiger partial charge in [0.15, 0.2) is 0 Å². The van der Waals surface area contributed by atoms with Crippen LogP contribution in [-0.4, -0.2) is 24.0 Å². The first kappa shape index (κ1) is 17.7. The second-order valence-electron chi connectivity index (χ2n) is 6.66. The largest absolute Gasteiger partial charge is 0.416 e. The van der Waals surface area contributed by atoms with E-state index in [1.165, 1.54) is 12.1 Å². The van der Waals surface area contributed by atoms with Gasteiger partial charge in [0.2, 0.25) is 11.8 Å². The second-order valence-corrected chi connectivity index (χ2v) is 6.66. The lowest BCUT2D eigenvalue weighted by atomic mass is 9.99. The van der Waals surface area contributed by atoms with Crippen LogP contribution in [0, 0.1) is 5.92 Å². The highest BCUT2D eigenvalue weighted by Crippen LogP contribution is 2.41. The van der Waals surface area contributed by atoms with Crippen LogP contribution in [-0.2, 0) is 15.8 Å². The van der Waals surface area contributed by atoms with Crippen LogP contribution < -0.4 is 16.0 Å². The molecule has 8 heteroatoms. The lowest BCUT2D eigenvalue weighted by Gasteiger charge is -2.30. The Morgan fingerprint density at radius 1 is 1.24 bits per heavy atom. The lowest BCUT2D eigenvalue weighted by molar-refractivity contribution is -0.137. The Morgan fingerprint density at radius 2 is 1.88 bits per heavy atom. The summed E-state index contributed by atoms with van der Waals surface area (Å²) in [6.07, 6.45) is -2.81. The Kier molecular flexibility index (Phi) is 4.73. The number of carbonyl (C=O) groups is 2. The normalized spacial score (nSPS) is 25.2. The molecule has 1 aromatic carbocycles. The van der Waals surface area contributed by atoms with Gasteiger partial charge in [-0.05, 0) is 43.4 Å². The number of hydrogen-bond donors (Lipinski definition) is 3. The first-order valence-electron chi connectivity index (χ1n) is 8.27. The van der Waals surface area contributed by atoms with Crippen LogP contribution in [0.4, 0.5) is 13.2 Å². The molecule has 1 heterocycles. The smallest absolute Gasteiger partial charge is 0.348 e. The molecular formula is C17H20F3N3O2. The van der Waals surface area contributed by atoms with E-state index in [0.717, 1.165) is 25.0 Å². The zero-order valence-corrected chi connectivity index (χ0v) is 13.7. The molecule has 1 aliphatic heterocycles. The van der Waals surface area contributed by atoms with Crippen LogP contribution in [0.25, 0.3) is 0 Å². The Bertz CT molecular complexity index is 656. The van der Waals surface area contributed by atoms with Crippen molar-refractivity contribution in [1.29, 1.82) is 0 Å². The van der Waals surface area contributed by atoms with Gasteiger partial charge in [-0.1, -0.05) is 12.1 Å². The molecule has 0 spiro atoms. The molecule has 2 amide bonds. The van der Waals surface area contributed by atoms with E-state index in [-0.39, 0.29) is 36.4 Å². The van der Waals surface area contributed by atoms with E-state index >= 15 is 0 Å². The molecule has 0 aromatic heterocycles. The van der Waals surface area contributed by atoms with Crippen molar-refractivity contribution in [3.05, 3.63) is 35.4 Å². The van der Waals surface area contributed by atoms with Crippen LogP contribution in [0.15, 0.2) is 24.3 Å². The number of benzene rings is 1. The van der Waals surface area contributed by atoms with E-state index in [1.54, 1.807) is 6.92 Å². The van der Waals surface area contributed by atoms with Crippen molar-refractivity contribution in [2.75, 3.05) is 0 Å². The highest BCUT2D eigenvalue weighted by molar-refractivity contribution is 5.89. The van der Waals surface area contributed by atoms with E-state index in [2.05, 4.69) is 16.0 Å². The van der Waals surface area contributed by atoms with Crippen molar-refractivity contribution >= 4 is 11.8 Å². The highest BCUT2D eigenvalue weighted by Gasteiger charge is 2.37. The summed E-state index contributed by atoms with van der Waals surface area (Å²) in [5.74, 6) is -0.294. The minimum Gasteiger partial charge on any atom is -0.348 e. The highest BCUT2D eigenvalue weighted by atomic mass is 19.4. The summed E-state index contributed by atoms with van der Waals surface area (Å²) in [5, 5.41) is 8.57. The fraction of sp³-hybridized carbons (Fsp3) is 0.529. The minimum absolute atomic E-state index is 0.0422. The van der Waals surface area contributed by atoms with Crippen LogP contribution >= 0.6 is 0 Å². The molecule has 25 heavy (non-hydrogen) atoms. The molecule has 136 valence electrons. The van der Waals surface area contributed by atoms with Gasteiger partial charge in [-0.3, -0.25) is 14.9 Å². The standard InChI is InChI=1S/C17H20F3N3O2/c1-9-21-13(8-14(24)22-9)16(25)23-15(10-2-3-10)11-4-6-12(7-5-11)17(18,19)20/h4-7,9-10,13,15,21H,2-3,8H2,1H3,(H,22,24)(H,23,25)/t9?,13?,15-/m1/s1. The number of rotatable bonds is 4. The lowest BCUT2D eigenvalue weighted by Crippen LogP contribution is -2.59. The SMILES string of the molecule is CC1NC(=O)CC(C(=O)N[C@@H](c2ccc(C(F)(F)F)cc2)C2CC2)N1. The maximum atomic E-state index is 12.7. The van der Waals surface area contributed by atoms with Crippen molar-refractivity contribution in [2.45, 2.75) is 50.6 Å². The average molecular weight is 355 g/mol. The van der Waals surface area contributed by atoms with Gasteiger partial charge in [-0.15, -0.1) is 0 Å². The Labute approximate surface area is 143 Å². The minimum atomic E-state index is -4.38. The summed E-state index contributed by atoms with van der Waals surface area (Å²) in [4.78, 5) is 24.1. The molecule has 2 unspecified atom stereocenters. The summed E-state index contributed by atoms with van der Waals surface area (Å²) in [6.45, 7) is 1.74. The van der Waals surface area contributed by atoms with E-state index in [9.17, 15) is 22.8 Å². The first-order chi connectivity index (χ1) is 11.7. The summed E-state index contributed by atoms with van der Waals surface area (Å²) < 4.78 is 38.1. The van der Waals surface area contributed by atoms with Crippen molar-refractivity contribution in [2.24, 2.45) is 5.92 Å². The number of alkyl halides is 3. The maximum Gasteiger partial charge on any atom is 0.416 e. The molecule has 3 rings (SSSR count). The van der Waals surface area contributed by atoms with Gasteiger partial charge in [0.25, 0.3) is 0 Å². The monoisotopic (exact) mass is 355 g/mol. The van der Waals surface area contributed by atoms with Gasteiger partial charge in [0.1, 0.15) is 0 Å². The Morgan fingerprint density at radius 3 is 2.40 bits per heavy atom. The third-order valence-corrected chi connectivity index (χ3v) is 4.52. The van der Waals surface area contributed by atoms with E-state index in [1.807, 2.05) is 0 Å². The molecule has 5 nitrogen and oxygen atoms in total. The fourth-order valence-electron chi connectivity index (χ4n) is 3.09. The number of halogens is 3. The maximum absolute atomic E-state index is 12.7. The zero-order valence-electron chi connectivity index (χ0n) is 13.7. The molecule has 1 aromatic rings. The molecule has 2 fully saturated rings. The predicted molar refractivity (Wildman–Crippen MR) is 84.2 cm³/mol. The van der Waals surface area contributed by atoms with Crippen LogP contribution in [0.3, 0.4) is 0 Å². The molecule has 0 radical (unpaired) electrons. The predicted octanol–water partition coefficient (Wildman–Crippen LogP) is 2.10. The molecule has 0 bridgehead atoms. The van der Waals surface area contributed by atoms with Crippen LogP contribution in [0.1, 0.15) is 43.4 Å². The third-order valence-electron chi connectivity index (χ3n) is 4.52. The summed E-state index contributed by atoms with van der Waals surface area (Å²) in [5.41, 5.74) is -0.0614. The van der Waals surface area contributed by atoms with Gasteiger partial charge >= 0.3 is 6.18 Å². The number of nitrogens with one attached hydrogen (secondary N) is 3. The molecule has 3 N–H and O–H groups in total. The van der Waals surface area contributed by atoms with E-state index in [0.29, 0.717) is 5.56 Å². The molecule has 2 aliphatic rings. The molecule has 1 saturated carbocycles. The van der Waals surface area contributed by atoms with Gasteiger partial charge < -0.3 is 10.6 Å². The van der Waals surface area contributed by atoms with E-state index in [4.69, 9.17) is 0 Å². The topological polar surface area (TPSA) is 70.2 Å². The van der Waals surface area contributed by atoms with Crippen molar-refractivity contribution in [3.8, 4) is 0 Å². The Hall–Kier alpha value is -2.09. The summed E-state index contributed by atoms with van der Waals surface area (Å²) in [7, 11) is 0. The van der Waals surface area contributed by atoms with Crippen LogP contribution in [0.5, 0.6) is 0 Å². The Balaban J connectivity index is 1.71. The first-order valence-corrected chi connectivity index (χ1v) is 8.27. The fourth-order valence-corrected chi connectivity index (χ4v) is 3.09. The van der Waals surface area contributed by atoms with Gasteiger partial charge in [-0.25, -0.2) is 0 Å². The van der Waals surface area contributed by atoms with Crippen molar-refractivity contribution in [3.63, 3.8) is 0 Å². The molecular weight excluding hydrogens is 335 g/mol. The zero-order chi connectivity index (χ0) is 18.2. The van der Waals surface area contributed by atoms with Crippen molar-refractivity contribution < 1.29 is 22.8 Å². The molecule has 1 saturated heterocycles. The molecule has 1 aliphatic carbocycles. The van der Waals surface area contributed by atoms with Crippen LogP contribution in [0.2, 0.25) is 0 Å². The van der Waals surface area contributed by atoms with Gasteiger partial charge in [-0.2, -0.15) is 13.2 Å². The second kappa shape index (κ2) is 6.67. The third kappa shape index (κ3) is 4.31. The number of hydrogen-bond acceptors (Lipinski definition) is 3. The summed E-state index contributed by atoms with van der Waals surface area (Å²) in [6, 6.07) is 3.92. The summed E-state index contributed by atoms with van der Waals surface area (Å²) >= 11 is 0.